The van der Waals surface area contributed by atoms with E-state index in [2.05, 4.69) is 30.7 Å². The van der Waals surface area contributed by atoms with Gasteiger partial charge in [0.05, 0.1) is 24.1 Å². The van der Waals surface area contributed by atoms with E-state index in [1.54, 1.807) is 0 Å². The van der Waals surface area contributed by atoms with E-state index in [0.29, 0.717) is 11.6 Å². The molecule has 1 aliphatic heterocycles. The van der Waals surface area contributed by atoms with Crippen LogP contribution in [0.25, 0.3) is 0 Å². The van der Waals surface area contributed by atoms with Crippen molar-refractivity contribution in [2.24, 2.45) is 0 Å². The second-order valence-corrected chi connectivity index (χ2v) is 4.19. The summed E-state index contributed by atoms with van der Waals surface area (Å²) in [4.78, 5) is 23.6. The Kier molecular flexibility index (Phi) is 3.15. The van der Waals surface area contributed by atoms with Crippen LogP contribution in [-0.4, -0.2) is 32.6 Å². The van der Waals surface area contributed by atoms with Crippen molar-refractivity contribution in [1.82, 2.24) is 25.4 Å². The molecule has 0 saturated carbocycles. The van der Waals surface area contributed by atoms with Crippen LogP contribution in [0.4, 0.5) is 5.69 Å². The average Bonchev–Trinajstić information content (AvgIpc) is 3.11. The summed E-state index contributed by atoms with van der Waals surface area (Å²) in [7, 11) is 0. The van der Waals surface area contributed by atoms with Crippen molar-refractivity contribution >= 4 is 11.6 Å². The number of hydrogen-bond acceptors (Lipinski definition) is 7. The number of nitrogens with zero attached hydrogens (tertiary/aromatic N) is 4. The summed E-state index contributed by atoms with van der Waals surface area (Å²) in [5.74, 6) is 0.0160. The molecule has 98 valence electrons. The van der Waals surface area contributed by atoms with Crippen LogP contribution in [0.15, 0.2) is 23.2 Å². The molecular formula is C11H12N6O2. The Morgan fingerprint density at radius 2 is 2.26 bits per heavy atom. The molecule has 8 nitrogen and oxygen atoms in total. The molecule has 0 aliphatic carbocycles. The number of hydrogen-bond donors (Lipinski definition) is 2. The highest BCUT2D eigenvalue weighted by atomic mass is 16.5. The molecule has 3 heterocycles. The monoisotopic (exact) mass is 260 g/mol. The lowest BCUT2D eigenvalue weighted by Crippen LogP contribution is -2.16. The zero-order valence-electron chi connectivity index (χ0n) is 10.0. The maximum atomic E-state index is 11.9. The van der Waals surface area contributed by atoms with E-state index in [0.717, 1.165) is 19.4 Å². The van der Waals surface area contributed by atoms with Crippen LogP contribution in [0.1, 0.15) is 35.4 Å². The van der Waals surface area contributed by atoms with Gasteiger partial charge in [0.25, 0.3) is 11.7 Å². The number of amides is 1. The van der Waals surface area contributed by atoms with Crippen molar-refractivity contribution in [3.63, 3.8) is 0 Å². The minimum absolute atomic E-state index is 0.00699. The molecule has 2 aromatic rings. The third kappa shape index (κ3) is 2.58. The SMILES string of the molecule is O=C(Nc1cncnc1)c1noc(C2CCCN2)n1. The fourth-order valence-electron chi connectivity index (χ4n) is 1.91. The molecule has 0 radical (unpaired) electrons. The second-order valence-electron chi connectivity index (χ2n) is 4.19. The van der Waals surface area contributed by atoms with Crippen molar-refractivity contribution in [2.75, 3.05) is 11.9 Å². The van der Waals surface area contributed by atoms with Gasteiger partial charge in [0.2, 0.25) is 5.89 Å². The molecule has 1 amide bonds. The molecule has 2 aromatic heterocycles. The van der Waals surface area contributed by atoms with Gasteiger partial charge in [-0.3, -0.25) is 4.79 Å². The Morgan fingerprint density at radius 3 is 3.00 bits per heavy atom. The molecule has 0 aromatic carbocycles. The topological polar surface area (TPSA) is 106 Å². The smallest absolute Gasteiger partial charge is 0.297 e. The van der Waals surface area contributed by atoms with Gasteiger partial charge in [-0.05, 0) is 19.4 Å². The van der Waals surface area contributed by atoms with Crippen LogP contribution in [0.2, 0.25) is 0 Å². The molecule has 2 N–H and O–H groups in total. The zero-order valence-corrected chi connectivity index (χ0v) is 10.0. The van der Waals surface area contributed by atoms with E-state index < -0.39 is 5.91 Å². The summed E-state index contributed by atoms with van der Waals surface area (Å²) in [6.07, 6.45) is 6.37. The van der Waals surface area contributed by atoms with Gasteiger partial charge in [-0.1, -0.05) is 5.16 Å². The van der Waals surface area contributed by atoms with Crippen LogP contribution in [0.5, 0.6) is 0 Å². The number of rotatable bonds is 3. The van der Waals surface area contributed by atoms with Gasteiger partial charge < -0.3 is 15.2 Å². The summed E-state index contributed by atoms with van der Waals surface area (Å²) >= 11 is 0. The lowest BCUT2D eigenvalue weighted by molar-refractivity contribution is 0.101. The molecule has 1 saturated heterocycles. The Bertz CT molecular complexity index is 564. The fraction of sp³-hybridized carbons (Fsp3) is 0.364. The van der Waals surface area contributed by atoms with Gasteiger partial charge in [-0.15, -0.1) is 0 Å². The number of aromatic nitrogens is 4. The van der Waals surface area contributed by atoms with Gasteiger partial charge in [0.15, 0.2) is 0 Å². The highest BCUT2D eigenvalue weighted by molar-refractivity contribution is 6.01. The van der Waals surface area contributed by atoms with E-state index in [-0.39, 0.29) is 11.9 Å². The molecule has 1 fully saturated rings. The first-order chi connectivity index (χ1) is 9.33. The lowest BCUT2D eigenvalue weighted by atomic mass is 10.2. The first-order valence-electron chi connectivity index (χ1n) is 5.96. The quantitative estimate of drug-likeness (QED) is 0.829. The maximum Gasteiger partial charge on any atom is 0.297 e. The third-order valence-electron chi connectivity index (χ3n) is 2.82. The van der Waals surface area contributed by atoms with Gasteiger partial charge in [-0.25, -0.2) is 9.97 Å². The van der Waals surface area contributed by atoms with E-state index in [4.69, 9.17) is 4.52 Å². The first kappa shape index (κ1) is 11.7. The Labute approximate surface area is 108 Å². The molecule has 3 rings (SSSR count). The van der Waals surface area contributed by atoms with E-state index in [9.17, 15) is 4.79 Å². The molecule has 1 aliphatic rings. The van der Waals surface area contributed by atoms with Crippen molar-refractivity contribution < 1.29 is 9.32 Å². The van der Waals surface area contributed by atoms with Crippen molar-refractivity contribution in [1.29, 1.82) is 0 Å². The number of anilines is 1. The molecule has 1 atom stereocenters. The van der Waals surface area contributed by atoms with E-state index in [1.165, 1.54) is 18.7 Å². The largest absolute Gasteiger partial charge is 0.337 e. The standard InChI is InChI=1S/C11H12N6O2/c18-10(15-7-4-12-6-13-5-7)9-16-11(19-17-9)8-2-1-3-14-8/h4-6,8,14H,1-3H2,(H,15,18). The van der Waals surface area contributed by atoms with Gasteiger partial charge in [0, 0.05) is 0 Å². The summed E-state index contributed by atoms with van der Waals surface area (Å²) in [5.41, 5.74) is 0.484. The van der Waals surface area contributed by atoms with Crippen molar-refractivity contribution in [3.8, 4) is 0 Å². The van der Waals surface area contributed by atoms with Crippen LogP contribution in [-0.2, 0) is 0 Å². The first-order valence-corrected chi connectivity index (χ1v) is 5.96. The zero-order chi connectivity index (χ0) is 13.1. The predicted octanol–water partition coefficient (Wildman–Crippen LogP) is 0.536. The van der Waals surface area contributed by atoms with E-state index in [1.807, 2.05) is 0 Å². The maximum absolute atomic E-state index is 11.9. The summed E-state index contributed by atoms with van der Waals surface area (Å²) in [6, 6.07) is 0.0501. The summed E-state index contributed by atoms with van der Waals surface area (Å²) in [6.45, 7) is 0.927. The fourth-order valence-corrected chi connectivity index (χ4v) is 1.91. The predicted molar refractivity (Wildman–Crippen MR) is 64.3 cm³/mol. The van der Waals surface area contributed by atoms with Crippen LogP contribution in [0.3, 0.4) is 0 Å². The van der Waals surface area contributed by atoms with Gasteiger partial charge >= 0.3 is 0 Å². The minimum atomic E-state index is -0.442. The summed E-state index contributed by atoms with van der Waals surface area (Å²) < 4.78 is 5.09. The second kappa shape index (κ2) is 5.11. The van der Waals surface area contributed by atoms with Crippen molar-refractivity contribution in [3.05, 3.63) is 30.4 Å². The van der Waals surface area contributed by atoms with Crippen LogP contribution >= 0.6 is 0 Å². The van der Waals surface area contributed by atoms with Crippen LogP contribution < -0.4 is 10.6 Å². The highest BCUT2D eigenvalue weighted by Crippen LogP contribution is 2.21. The Morgan fingerprint density at radius 1 is 1.42 bits per heavy atom. The summed E-state index contributed by atoms with van der Waals surface area (Å²) in [5, 5.41) is 9.50. The Balaban J connectivity index is 1.70. The van der Waals surface area contributed by atoms with Crippen molar-refractivity contribution in [2.45, 2.75) is 18.9 Å². The van der Waals surface area contributed by atoms with Crippen LogP contribution in [0, 0.1) is 0 Å². The molecule has 19 heavy (non-hydrogen) atoms. The Hall–Kier alpha value is -2.35. The number of carbonyl (C=O) groups excluding carboxylic acids is 1. The molecular weight excluding hydrogens is 248 g/mol. The average molecular weight is 260 g/mol. The molecule has 0 bridgehead atoms. The van der Waals surface area contributed by atoms with Gasteiger partial charge in [-0.2, -0.15) is 4.98 Å². The third-order valence-corrected chi connectivity index (χ3v) is 2.82. The molecule has 0 spiro atoms. The lowest BCUT2D eigenvalue weighted by Gasteiger charge is -2.01. The molecule has 8 heteroatoms. The number of carbonyl (C=O) groups is 1. The number of nitrogens with one attached hydrogen (secondary N) is 2. The van der Waals surface area contributed by atoms with E-state index >= 15 is 0 Å². The highest BCUT2D eigenvalue weighted by Gasteiger charge is 2.24. The molecule has 1 unspecified atom stereocenters. The van der Waals surface area contributed by atoms with Gasteiger partial charge in [0.1, 0.15) is 6.33 Å². The minimum Gasteiger partial charge on any atom is -0.337 e. The normalized spacial score (nSPS) is 18.4.